The quantitative estimate of drug-likeness (QED) is 0.848. The van der Waals surface area contributed by atoms with Crippen LogP contribution in [0.15, 0.2) is 24.4 Å². The van der Waals surface area contributed by atoms with E-state index >= 15 is 0 Å². The molecule has 0 saturated heterocycles. The molecule has 2 N–H and O–H groups in total. The van der Waals surface area contributed by atoms with Gasteiger partial charge in [0.25, 0.3) is 0 Å². The Morgan fingerprint density at radius 1 is 1.09 bits per heavy atom. The summed E-state index contributed by atoms with van der Waals surface area (Å²) in [4.78, 5) is 4.46. The lowest BCUT2D eigenvalue weighted by Gasteiger charge is -2.13. The van der Waals surface area contributed by atoms with Crippen molar-refractivity contribution in [1.82, 2.24) is 15.2 Å². The fourth-order valence-electron chi connectivity index (χ4n) is 2.75. The molecule has 1 aromatic heterocycles. The minimum absolute atomic E-state index is 0.445. The normalized spacial score (nSPS) is 14.5. The van der Waals surface area contributed by atoms with Crippen LogP contribution in [0.25, 0.3) is 0 Å². The highest BCUT2D eigenvalue weighted by atomic mass is 16.5. The van der Waals surface area contributed by atoms with Crippen molar-refractivity contribution in [1.29, 1.82) is 0 Å². The van der Waals surface area contributed by atoms with Crippen molar-refractivity contribution in [3.8, 4) is 11.5 Å². The number of nitrogens with zero attached hydrogens (tertiary/aromatic N) is 3. The molecule has 1 aliphatic rings. The molecule has 0 unspecified atom stereocenters. The first-order valence-electron chi connectivity index (χ1n) is 7.74. The molecule has 0 aliphatic heterocycles. The smallest absolute Gasteiger partial charge is 0.249 e. The summed E-state index contributed by atoms with van der Waals surface area (Å²) in [6, 6.07) is 6.02. The van der Waals surface area contributed by atoms with Crippen LogP contribution in [0.3, 0.4) is 0 Å². The fraction of sp³-hybridized carbons (Fsp3) is 0.438. The highest BCUT2D eigenvalue weighted by molar-refractivity contribution is 5.60. The average Bonchev–Trinajstić information content (AvgIpc) is 3.08. The van der Waals surface area contributed by atoms with Crippen LogP contribution in [-0.2, 0) is 0 Å². The Morgan fingerprint density at radius 2 is 1.87 bits per heavy atom. The Morgan fingerprint density at radius 3 is 2.61 bits per heavy atom. The Kier molecular flexibility index (Phi) is 4.75. The van der Waals surface area contributed by atoms with E-state index in [0.29, 0.717) is 23.5 Å². The molecule has 3 rings (SSSR count). The van der Waals surface area contributed by atoms with Crippen molar-refractivity contribution in [2.24, 2.45) is 0 Å². The molecule has 1 aromatic carbocycles. The summed E-state index contributed by atoms with van der Waals surface area (Å²) in [5.74, 6) is 2.51. The maximum Gasteiger partial charge on any atom is 0.249 e. The number of hydrogen-bond acceptors (Lipinski definition) is 7. The molecule has 0 spiro atoms. The van der Waals surface area contributed by atoms with Gasteiger partial charge in [0.1, 0.15) is 0 Å². The van der Waals surface area contributed by atoms with Gasteiger partial charge < -0.3 is 20.1 Å². The van der Waals surface area contributed by atoms with Gasteiger partial charge in [0, 0.05) is 17.8 Å². The average molecular weight is 315 g/mol. The van der Waals surface area contributed by atoms with E-state index in [0.717, 1.165) is 11.5 Å². The largest absolute Gasteiger partial charge is 0.493 e. The molecule has 7 heteroatoms. The van der Waals surface area contributed by atoms with Crippen molar-refractivity contribution >= 4 is 17.5 Å². The van der Waals surface area contributed by atoms with Crippen molar-refractivity contribution in [2.45, 2.75) is 31.7 Å². The molecule has 0 radical (unpaired) electrons. The van der Waals surface area contributed by atoms with Gasteiger partial charge in [0.15, 0.2) is 17.3 Å². The molecule has 0 amide bonds. The van der Waals surface area contributed by atoms with E-state index in [1.165, 1.54) is 25.7 Å². The lowest BCUT2D eigenvalue weighted by Crippen LogP contribution is -2.16. The van der Waals surface area contributed by atoms with Gasteiger partial charge in [-0.25, -0.2) is 0 Å². The fourth-order valence-corrected chi connectivity index (χ4v) is 2.75. The second-order valence-corrected chi connectivity index (χ2v) is 5.49. The van der Waals surface area contributed by atoms with Gasteiger partial charge in [-0.1, -0.05) is 12.8 Å². The highest BCUT2D eigenvalue weighted by Gasteiger charge is 2.15. The van der Waals surface area contributed by atoms with Gasteiger partial charge in [-0.15, -0.1) is 5.10 Å². The van der Waals surface area contributed by atoms with Crippen LogP contribution in [0.5, 0.6) is 11.5 Å². The van der Waals surface area contributed by atoms with Crippen LogP contribution in [0, 0.1) is 0 Å². The third-order valence-corrected chi connectivity index (χ3v) is 3.91. The summed E-state index contributed by atoms with van der Waals surface area (Å²) in [7, 11) is 3.21. The van der Waals surface area contributed by atoms with Gasteiger partial charge in [-0.05, 0) is 25.0 Å². The molecule has 23 heavy (non-hydrogen) atoms. The van der Waals surface area contributed by atoms with Gasteiger partial charge in [0.2, 0.25) is 5.95 Å². The number of methoxy groups -OCH3 is 2. The second-order valence-electron chi connectivity index (χ2n) is 5.49. The number of ether oxygens (including phenoxy) is 2. The topological polar surface area (TPSA) is 81.2 Å². The van der Waals surface area contributed by atoms with Crippen LogP contribution in [-0.4, -0.2) is 35.4 Å². The Hall–Kier alpha value is -2.57. The summed E-state index contributed by atoms with van der Waals surface area (Å²) in [5, 5.41) is 14.6. The van der Waals surface area contributed by atoms with Crippen LogP contribution in [0.4, 0.5) is 17.5 Å². The first kappa shape index (κ1) is 15.3. The Balaban J connectivity index is 1.72. The van der Waals surface area contributed by atoms with Crippen LogP contribution in [0.1, 0.15) is 25.7 Å². The number of nitrogens with one attached hydrogen (secondary N) is 2. The number of rotatable bonds is 6. The summed E-state index contributed by atoms with van der Waals surface area (Å²) < 4.78 is 10.5. The third-order valence-electron chi connectivity index (χ3n) is 3.91. The van der Waals surface area contributed by atoms with E-state index in [2.05, 4.69) is 25.8 Å². The Labute approximate surface area is 135 Å². The summed E-state index contributed by atoms with van der Waals surface area (Å²) in [5.41, 5.74) is 0.808. The lowest BCUT2D eigenvalue weighted by molar-refractivity contribution is 0.355. The van der Waals surface area contributed by atoms with E-state index in [1.54, 1.807) is 20.4 Å². The molecule has 1 aliphatic carbocycles. The molecule has 7 nitrogen and oxygen atoms in total. The van der Waals surface area contributed by atoms with Crippen LogP contribution < -0.4 is 20.1 Å². The van der Waals surface area contributed by atoms with E-state index in [1.807, 2.05) is 18.2 Å². The molecule has 122 valence electrons. The van der Waals surface area contributed by atoms with Crippen molar-refractivity contribution in [3.05, 3.63) is 24.4 Å². The van der Waals surface area contributed by atoms with E-state index in [-0.39, 0.29) is 0 Å². The molecular formula is C16H21N5O2. The maximum absolute atomic E-state index is 5.29. The van der Waals surface area contributed by atoms with Gasteiger partial charge in [-0.2, -0.15) is 10.1 Å². The van der Waals surface area contributed by atoms with Crippen molar-refractivity contribution in [3.63, 3.8) is 0 Å². The molecule has 1 fully saturated rings. The van der Waals surface area contributed by atoms with E-state index < -0.39 is 0 Å². The van der Waals surface area contributed by atoms with Gasteiger partial charge >= 0.3 is 0 Å². The zero-order chi connectivity index (χ0) is 16.1. The van der Waals surface area contributed by atoms with Crippen molar-refractivity contribution in [2.75, 3.05) is 24.9 Å². The predicted octanol–water partition coefficient (Wildman–Crippen LogP) is 2.99. The molecule has 2 aromatic rings. The first-order valence-corrected chi connectivity index (χ1v) is 7.74. The molecule has 0 bridgehead atoms. The molecular weight excluding hydrogens is 294 g/mol. The minimum atomic E-state index is 0.445. The van der Waals surface area contributed by atoms with E-state index in [4.69, 9.17) is 9.47 Å². The summed E-state index contributed by atoms with van der Waals surface area (Å²) in [6.45, 7) is 0. The molecule has 1 saturated carbocycles. The number of anilines is 3. The lowest BCUT2D eigenvalue weighted by atomic mass is 10.2. The number of benzene rings is 1. The summed E-state index contributed by atoms with van der Waals surface area (Å²) >= 11 is 0. The van der Waals surface area contributed by atoms with Crippen molar-refractivity contribution < 1.29 is 9.47 Å². The standard InChI is InChI=1S/C16H21N5O2/c1-22-13-8-7-12(9-14(13)23-2)19-16-20-15(10-17-21-16)18-11-5-3-4-6-11/h7-11H,3-6H2,1-2H3,(H2,18,19,20,21). The molecule has 1 heterocycles. The third kappa shape index (κ3) is 3.80. The first-order chi connectivity index (χ1) is 11.3. The van der Waals surface area contributed by atoms with Gasteiger partial charge in [-0.3, -0.25) is 0 Å². The molecule has 0 atom stereocenters. The number of hydrogen-bond donors (Lipinski definition) is 2. The maximum atomic E-state index is 5.29. The van der Waals surface area contributed by atoms with E-state index in [9.17, 15) is 0 Å². The van der Waals surface area contributed by atoms with Crippen LogP contribution in [0.2, 0.25) is 0 Å². The minimum Gasteiger partial charge on any atom is -0.493 e. The number of aromatic nitrogens is 3. The monoisotopic (exact) mass is 315 g/mol. The second kappa shape index (κ2) is 7.13. The Bertz CT molecular complexity index is 659. The van der Waals surface area contributed by atoms with Crippen LogP contribution >= 0.6 is 0 Å². The zero-order valence-corrected chi connectivity index (χ0v) is 13.4. The SMILES string of the molecule is COc1ccc(Nc2nncc(NC3CCCC3)n2)cc1OC. The van der Waals surface area contributed by atoms with Gasteiger partial charge in [0.05, 0.1) is 20.4 Å². The highest BCUT2D eigenvalue weighted by Crippen LogP contribution is 2.30. The zero-order valence-electron chi connectivity index (χ0n) is 13.4. The predicted molar refractivity (Wildman–Crippen MR) is 88.5 cm³/mol. The summed E-state index contributed by atoms with van der Waals surface area (Å²) in [6.07, 6.45) is 6.56.